The molecule has 0 aliphatic carbocycles. The van der Waals surface area contributed by atoms with Gasteiger partial charge in [-0.2, -0.15) is 0 Å². The summed E-state index contributed by atoms with van der Waals surface area (Å²) in [5, 5.41) is 0. The van der Waals surface area contributed by atoms with Crippen LogP contribution >= 0.6 is 0 Å². The molecule has 2 unspecified atom stereocenters. The minimum absolute atomic E-state index is 0.101. The van der Waals surface area contributed by atoms with Gasteiger partial charge in [-0.3, -0.25) is 24.0 Å². The number of unbranched alkanes of at least 4 members (excludes halogenated alkanes) is 15. The maximum atomic E-state index is 12.5. The molecule has 0 aliphatic heterocycles. The summed E-state index contributed by atoms with van der Waals surface area (Å²) in [4.78, 5) is 64.1. The number of ether oxygens (including phenoxy) is 5. The molecular formula is C51H91NO10. The maximum absolute atomic E-state index is 12.5. The van der Waals surface area contributed by atoms with Gasteiger partial charge in [0, 0.05) is 32.1 Å². The molecule has 0 saturated carbocycles. The van der Waals surface area contributed by atoms with Crippen molar-refractivity contribution in [2.45, 2.75) is 219 Å². The summed E-state index contributed by atoms with van der Waals surface area (Å²) in [7, 11) is 3.83. The van der Waals surface area contributed by atoms with Crippen LogP contribution in [0.5, 0.6) is 0 Å². The normalized spacial score (nSPS) is 12.5. The highest BCUT2D eigenvalue weighted by molar-refractivity contribution is 5.72. The Hall–Kier alpha value is -3.21. The highest BCUT2D eigenvalue weighted by Crippen LogP contribution is 2.19. The van der Waals surface area contributed by atoms with Crippen molar-refractivity contribution in [1.82, 2.24) is 4.90 Å². The van der Waals surface area contributed by atoms with Crippen LogP contribution in [0.1, 0.15) is 213 Å². The van der Waals surface area contributed by atoms with Crippen LogP contribution in [0.4, 0.5) is 0 Å². The highest BCUT2D eigenvalue weighted by Gasteiger charge is 2.20. The minimum Gasteiger partial charge on any atom is -0.466 e. The third-order valence-electron chi connectivity index (χ3n) is 10.7. The smallest absolute Gasteiger partial charge is 0.306 e. The first-order valence-corrected chi connectivity index (χ1v) is 24.9. The number of hydrogen-bond acceptors (Lipinski definition) is 11. The van der Waals surface area contributed by atoms with Crippen molar-refractivity contribution in [3.05, 3.63) is 24.3 Å². The average molecular weight is 878 g/mol. The van der Waals surface area contributed by atoms with Crippen LogP contribution in [0.25, 0.3) is 0 Å². The van der Waals surface area contributed by atoms with Crippen molar-refractivity contribution in [1.29, 1.82) is 0 Å². The van der Waals surface area contributed by atoms with E-state index in [-0.39, 0.29) is 57.3 Å². The molecule has 0 aliphatic rings. The van der Waals surface area contributed by atoms with Crippen LogP contribution in [-0.2, 0) is 47.7 Å². The average Bonchev–Trinajstić information content (AvgIpc) is 3.25. The fourth-order valence-corrected chi connectivity index (χ4v) is 6.79. The maximum Gasteiger partial charge on any atom is 0.306 e. The largest absolute Gasteiger partial charge is 0.466 e. The van der Waals surface area contributed by atoms with Crippen LogP contribution in [0.2, 0.25) is 0 Å². The van der Waals surface area contributed by atoms with Crippen molar-refractivity contribution >= 4 is 29.8 Å². The van der Waals surface area contributed by atoms with E-state index in [1.807, 2.05) is 19.0 Å². The summed E-state index contributed by atoms with van der Waals surface area (Å²) < 4.78 is 27.3. The zero-order chi connectivity index (χ0) is 45.7. The van der Waals surface area contributed by atoms with Crippen LogP contribution in [0.15, 0.2) is 24.3 Å². The molecule has 11 heteroatoms. The third kappa shape index (κ3) is 42.1. The molecule has 0 amide bonds. The van der Waals surface area contributed by atoms with Gasteiger partial charge in [-0.1, -0.05) is 122 Å². The molecule has 0 saturated heterocycles. The van der Waals surface area contributed by atoms with E-state index < -0.39 is 24.0 Å². The first-order valence-electron chi connectivity index (χ1n) is 24.9. The lowest BCUT2D eigenvalue weighted by Gasteiger charge is -2.18. The Morgan fingerprint density at radius 2 is 0.871 bits per heavy atom. The molecule has 0 fully saturated rings. The van der Waals surface area contributed by atoms with E-state index in [4.69, 9.17) is 23.7 Å². The number of esters is 5. The predicted molar refractivity (Wildman–Crippen MR) is 250 cm³/mol. The molecule has 0 aromatic rings. The van der Waals surface area contributed by atoms with Gasteiger partial charge in [-0.05, 0) is 110 Å². The summed E-state index contributed by atoms with van der Waals surface area (Å²) in [6, 6.07) is 0. The Morgan fingerprint density at radius 3 is 1.42 bits per heavy atom. The van der Waals surface area contributed by atoms with Crippen LogP contribution in [0, 0.1) is 5.92 Å². The molecule has 0 spiro atoms. The SMILES string of the molecule is CCCCC/C=C/C/C=C/CCCCCCCCOC(=O)CCCCC(=O)OCC(COC(=O)CCCCC(=O)OCC(CCCC)CCCCCC)OC(=O)CCCN(C)C. The number of rotatable bonds is 44. The Balaban J connectivity index is 4.32. The van der Waals surface area contributed by atoms with Gasteiger partial charge in [0.05, 0.1) is 13.2 Å². The van der Waals surface area contributed by atoms with Crippen molar-refractivity contribution in [3.63, 3.8) is 0 Å². The van der Waals surface area contributed by atoms with Crippen molar-refractivity contribution in [3.8, 4) is 0 Å². The van der Waals surface area contributed by atoms with Gasteiger partial charge in [0.25, 0.3) is 0 Å². The van der Waals surface area contributed by atoms with Crippen LogP contribution in [-0.4, -0.2) is 87.9 Å². The fraction of sp³-hybridized carbons (Fsp3) is 0.824. The molecule has 62 heavy (non-hydrogen) atoms. The van der Waals surface area contributed by atoms with E-state index in [1.54, 1.807) is 0 Å². The summed E-state index contributed by atoms with van der Waals surface area (Å²) in [5.74, 6) is -1.54. The molecule has 2 atom stereocenters. The van der Waals surface area contributed by atoms with Gasteiger partial charge in [0.1, 0.15) is 13.2 Å². The van der Waals surface area contributed by atoms with E-state index in [2.05, 4.69) is 45.1 Å². The molecule has 0 radical (unpaired) electrons. The zero-order valence-corrected chi connectivity index (χ0v) is 40.2. The van der Waals surface area contributed by atoms with Gasteiger partial charge >= 0.3 is 29.8 Å². The molecule has 11 nitrogen and oxygen atoms in total. The second-order valence-corrected chi connectivity index (χ2v) is 17.1. The number of allylic oxidation sites excluding steroid dienone is 4. The molecule has 0 N–H and O–H groups in total. The fourth-order valence-electron chi connectivity index (χ4n) is 6.79. The molecule has 0 aromatic carbocycles. The van der Waals surface area contributed by atoms with Crippen molar-refractivity contribution in [2.24, 2.45) is 5.92 Å². The summed E-state index contributed by atoms with van der Waals surface area (Å²) >= 11 is 0. The summed E-state index contributed by atoms with van der Waals surface area (Å²) in [5.41, 5.74) is 0. The molecule has 0 bridgehead atoms. The zero-order valence-electron chi connectivity index (χ0n) is 40.2. The first kappa shape index (κ1) is 58.8. The van der Waals surface area contributed by atoms with Gasteiger partial charge in [0.15, 0.2) is 6.10 Å². The van der Waals surface area contributed by atoms with Gasteiger partial charge in [-0.25, -0.2) is 0 Å². The number of nitrogens with zero attached hydrogens (tertiary/aromatic N) is 1. The van der Waals surface area contributed by atoms with E-state index in [1.165, 1.54) is 64.2 Å². The van der Waals surface area contributed by atoms with Crippen LogP contribution < -0.4 is 0 Å². The summed E-state index contributed by atoms with van der Waals surface area (Å²) in [6.45, 7) is 7.70. The molecule has 360 valence electrons. The molecular weight excluding hydrogens is 787 g/mol. The highest BCUT2D eigenvalue weighted by atomic mass is 16.6. The molecule has 0 aromatic heterocycles. The Morgan fingerprint density at radius 1 is 0.435 bits per heavy atom. The number of carbonyl (C=O) groups is 5. The number of carbonyl (C=O) groups excluding carboxylic acids is 5. The molecule has 0 heterocycles. The standard InChI is InChI=1S/C51H91NO10/c1-6-9-12-14-15-16-17-18-19-20-21-22-23-24-25-31-41-58-47(53)35-27-28-37-49(55)60-43-46(62-51(57)39-32-40-52(4)5)44-61-50(56)38-30-29-36-48(54)59-42-45(33-11-8-3)34-26-13-10-7-2/h15-16,18-19,45-46H,6-14,17,20-44H2,1-5H3/b16-15+,19-18+. The molecule has 0 rings (SSSR count). The summed E-state index contributed by atoms with van der Waals surface area (Å²) in [6.07, 6.45) is 34.6. The van der Waals surface area contributed by atoms with Crippen LogP contribution in [0.3, 0.4) is 0 Å². The Labute approximate surface area is 378 Å². The van der Waals surface area contributed by atoms with Gasteiger partial charge in [-0.15, -0.1) is 0 Å². The Bertz CT molecular complexity index is 1170. The van der Waals surface area contributed by atoms with Crippen molar-refractivity contribution in [2.75, 3.05) is 47.1 Å². The number of hydrogen-bond donors (Lipinski definition) is 0. The van der Waals surface area contributed by atoms with E-state index in [9.17, 15) is 24.0 Å². The minimum atomic E-state index is -0.943. The lowest BCUT2D eigenvalue weighted by atomic mass is 9.96. The topological polar surface area (TPSA) is 135 Å². The Kier molecular flexibility index (Phi) is 42.1. The third-order valence-corrected chi connectivity index (χ3v) is 10.7. The lowest BCUT2D eigenvalue weighted by molar-refractivity contribution is -0.167. The second-order valence-electron chi connectivity index (χ2n) is 17.1. The first-order chi connectivity index (χ1) is 30.1. The quantitative estimate of drug-likeness (QED) is 0.0250. The monoisotopic (exact) mass is 878 g/mol. The predicted octanol–water partition coefficient (Wildman–Crippen LogP) is 12.1. The van der Waals surface area contributed by atoms with Gasteiger partial charge in [0.2, 0.25) is 0 Å². The second kappa shape index (κ2) is 44.4. The van der Waals surface area contributed by atoms with E-state index >= 15 is 0 Å². The van der Waals surface area contributed by atoms with E-state index in [0.717, 1.165) is 64.2 Å². The lowest BCUT2D eigenvalue weighted by Crippen LogP contribution is -2.31. The van der Waals surface area contributed by atoms with Gasteiger partial charge < -0.3 is 28.6 Å². The van der Waals surface area contributed by atoms with E-state index in [0.29, 0.717) is 57.8 Å². The van der Waals surface area contributed by atoms with Crippen molar-refractivity contribution < 1.29 is 47.7 Å².